The maximum absolute atomic E-state index is 5.17. The van der Waals surface area contributed by atoms with Crippen molar-refractivity contribution in [3.63, 3.8) is 0 Å². The molecule has 0 saturated carbocycles. The number of nitrogens with one attached hydrogen (secondary N) is 2. The normalized spacial score (nSPS) is 15.9. The van der Waals surface area contributed by atoms with Crippen molar-refractivity contribution in [1.29, 1.82) is 0 Å². The molecule has 3 atom stereocenters. The number of hydrogen-bond donors (Lipinski definition) is 2. The van der Waals surface area contributed by atoms with Crippen molar-refractivity contribution in [3.05, 3.63) is 198 Å². The maximum Gasteiger partial charge on any atom is 0.0646 e. The number of anilines is 1. The molecular weight excluding hydrogens is 681 g/mol. The fourth-order valence-corrected chi connectivity index (χ4v) is 7.53. The molecule has 3 nitrogen and oxygen atoms in total. The number of ether oxygens (including phenoxy) is 1. The molecule has 0 fully saturated rings. The first-order valence-electron chi connectivity index (χ1n) is 20.2. The third-order valence-electron chi connectivity index (χ3n) is 10.7. The number of allylic oxidation sites excluding steroid dienone is 10. The van der Waals surface area contributed by atoms with Crippen LogP contribution in [0.25, 0.3) is 33.0 Å². The Hall–Kier alpha value is -5.48. The van der Waals surface area contributed by atoms with E-state index in [1.807, 2.05) is 50.3 Å². The van der Waals surface area contributed by atoms with Crippen LogP contribution in [-0.2, 0) is 11.3 Å². The van der Waals surface area contributed by atoms with Crippen LogP contribution in [0.5, 0.6) is 0 Å². The largest absolute Gasteiger partial charge is 0.381 e. The van der Waals surface area contributed by atoms with E-state index in [9.17, 15) is 0 Å². The third-order valence-corrected chi connectivity index (χ3v) is 10.7. The molecule has 4 aromatic carbocycles. The Labute approximate surface area is 337 Å². The fraction of sp³-hybridized carbons (Fsp3) is 0.245. The second-order valence-electron chi connectivity index (χ2n) is 14.2. The minimum absolute atomic E-state index is 0.159. The lowest BCUT2D eigenvalue weighted by molar-refractivity contribution is 0.234. The Morgan fingerprint density at radius 1 is 0.946 bits per heavy atom. The molecule has 3 unspecified atom stereocenters. The van der Waals surface area contributed by atoms with Crippen molar-refractivity contribution in [2.45, 2.75) is 72.0 Å². The topological polar surface area (TPSA) is 33.3 Å². The second kappa shape index (κ2) is 20.4. The summed E-state index contributed by atoms with van der Waals surface area (Å²) < 4.78 is 5.17. The summed E-state index contributed by atoms with van der Waals surface area (Å²) >= 11 is 0. The number of hydrogen-bond acceptors (Lipinski definition) is 3. The van der Waals surface area contributed by atoms with Crippen molar-refractivity contribution in [3.8, 4) is 11.1 Å². The summed E-state index contributed by atoms with van der Waals surface area (Å²) in [5.41, 5.74) is 14.3. The van der Waals surface area contributed by atoms with Crippen LogP contribution in [0.4, 0.5) is 5.69 Å². The molecule has 0 amide bonds. The molecule has 2 bridgehead atoms. The van der Waals surface area contributed by atoms with Gasteiger partial charge in [-0.25, -0.2) is 0 Å². The van der Waals surface area contributed by atoms with Gasteiger partial charge >= 0.3 is 0 Å². The van der Waals surface area contributed by atoms with E-state index in [4.69, 9.17) is 4.74 Å². The molecule has 288 valence electrons. The van der Waals surface area contributed by atoms with Crippen LogP contribution >= 0.6 is 0 Å². The van der Waals surface area contributed by atoms with Gasteiger partial charge in [-0.3, -0.25) is 0 Å². The Balaban J connectivity index is 0.00000295. The lowest BCUT2D eigenvalue weighted by atomic mass is 9.79. The van der Waals surface area contributed by atoms with Crippen molar-refractivity contribution in [2.24, 2.45) is 0 Å². The molecule has 0 saturated heterocycles. The van der Waals surface area contributed by atoms with Gasteiger partial charge in [0.25, 0.3) is 0 Å². The van der Waals surface area contributed by atoms with Crippen molar-refractivity contribution >= 4 is 27.6 Å². The summed E-state index contributed by atoms with van der Waals surface area (Å²) in [5.74, 6) is 0.342. The molecule has 2 aliphatic heterocycles. The average Bonchev–Trinajstić information content (AvgIpc) is 3.54. The minimum atomic E-state index is -0.159. The number of fused-ring (bicyclic) bond motifs is 2. The average molecular weight is 741 g/mol. The standard InChI is InChI=1S/C51H54N2O.C2H6/c1-8-11-20-38(10-3)47-33-46(35(4)9-2)49(48-40-27-29-44(30-28-40)53-51(47)48)45-24-17-16-23-43(45)34-52-50(37(6)36(5)19-13-12-18-31-54-7)42-26-25-39-21-14-15-22-41(39)32-42;1-2/h8,10-29,32-33,35,44,50,52-53H,1,5-6,9,30-31,34H2,2-4,7H3;1-2H3/b18-12-,19-13-,20-11-,38-10+;. The molecule has 2 heterocycles. The number of benzene rings is 4. The van der Waals surface area contributed by atoms with E-state index < -0.39 is 0 Å². The fourth-order valence-electron chi connectivity index (χ4n) is 7.53. The number of methoxy groups -OCH3 is 1. The van der Waals surface area contributed by atoms with Gasteiger partial charge in [0, 0.05) is 30.8 Å². The van der Waals surface area contributed by atoms with E-state index in [-0.39, 0.29) is 12.1 Å². The van der Waals surface area contributed by atoms with Gasteiger partial charge in [0.2, 0.25) is 0 Å². The quantitative estimate of drug-likeness (QED) is 0.112. The van der Waals surface area contributed by atoms with Gasteiger partial charge in [0.05, 0.1) is 18.3 Å². The van der Waals surface area contributed by atoms with Gasteiger partial charge in [0.15, 0.2) is 0 Å². The summed E-state index contributed by atoms with van der Waals surface area (Å²) in [7, 11) is 1.70. The second-order valence-corrected chi connectivity index (χ2v) is 14.2. The van der Waals surface area contributed by atoms with E-state index in [1.54, 1.807) is 7.11 Å². The first-order valence-corrected chi connectivity index (χ1v) is 20.2. The Bertz CT molecular complexity index is 2220. The summed E-state index contributed by atoms with van der Waals surface area (Å²) in [4.78, 5) is 0. The summed E-state index contributed by atoms with van der Waals surface area (Å²) in [6.07, 6.45) is 25.3. The summed E-state index contributed by atoms with van der Waals surface area (Å²) in [6.45, 7) is 25.0. The van der Waals surface area contributed by atoms with Crippen molar-refractivity contribution in [2.75, 3.05) is 19.0 Å². The van der Waals surface area contributed by atoms with Crippen LogP contribution in [0.1, 0.15) is 87.2 Å². The Morgan fingerprint density at radius 2 is 1.71 bits per heavy atom. The van der Waals surface area contributed by atoms with Crippen LogP contribution in [-0.4, -0.2) is 19.8 Å². The third kappa shape index (κ3) is 9.48. The van der Waals surface area contributed by atoms with Crippen LogP contribution in [0.15, 0.2) is 171 Å². The zero-order chi connectivity index (χ0) is 40.0. The molecule has 0 aromatic heterocycles. The molecule has 3 heteroatoms. The highest BCUT2D eigenvalue weighted by Gasteiger charge is 2.29. The Morgan fingerprint density at radius 3 is 2.43 bits per heavy atom. The van der Waals surface area contributed by atoms with E-state index in [1.165, 1.54) is 61.0 Å². The van der Waals surface area contributed by atoms with Crippen LogP contribution in [0.3, 0.4) is 0 Å². The van der Waals surface area contributed by atoms with Gasteiger partial charge < -0.3 is 15.4 Å². The van der Waals surface area contributed by atoms with Crippen molar-refractivity contribution < 1.29 is 4.74 Å². The molecule has 1 aliphatic carbocycles. The lowest BCUT2D eigenvalue weighted by Gasteiger charge is -2.28. The lowest BCUT2D eigenvalue weighted by Crippen LogP contribution is -2.23. The van der Waals surface area contributed by atoms with Crippen LogP contribution in [0.2, 0.25) is 0 Å². The SMILES string of the molecule is C=C/C=C\C(=C/C)c1cc(C(C)CC)c(-c2ccccc2CNC(C(=C)C(=C)/C=C\C=C/COC)c2ccc3ccccc3c2)c2c1NC1C=CC2=CC1.CC. The molecule has 0 radical (unpaired) electrons. The predicted molar refractivity (Wildman–Crippen MR) is 246 cm³/mol. The van der Waals surface area contributed by atoms with Gasteiger partial charge in [-0.1, -0.05) is 175 Å². The molecular formula is C53H60N2O. The zero-order valence-corrected chi connectivity index (χ0v) is 34.4. The smallest absolute Gasteiger partial charge is 0.0646 e. The predicted octanol–water partition coefficient (Wildman–Crippen LogP) is 14.0. The van der Waals surface area contributed by atoms with E-state index in [2.05, 4.69) is 154 Å². The highest BCUT2D eigenvalue weighted by Crippen LogP contribution is 2.49. The summed E-state index contributed by atoms with van der Waals surface area (Å²) in [5, 5.41) is 10.4. The highest BCUT2D eigenvalue weighted by atomic mass is 16.5. The van der Waals surface area contributed by atoms with E-state index in [0.717, 1.165) is 29.6 Å². The van der Waals surface area contributed by atoms with Gasteiger partial charge in [-0.15, -0.1) is 0 Å². The zero-order valence-electron chi connectivity index (χ0n) is 34.4. The van der Waals surface area contributed by atoms with E-state index in [0.29, 0.717) is 19.1 Å². The molecule has 3 aliphatic rings. The van der Waals surface area contributed by atoms with Crippen molar-refractivity contribution in [1.82, 2.24) is 5.32 Å². The van der Waals surface area contributed by atoms with Gasteiger partial charge in [-0.2, -0.15) is 0 Å². The molecule has 0 spiro atoms. The molecule has 4 aromatic rings. The van der Waals surface area contributed by atoms with Crippen LogP contribution in [0, 0.1) is 0 Å². The Kier molecular flexibility index (Phi) is 15.2. The first-order chi connectivity index (χ1) is 27.4. The number of rotatable bonds is 16. The van der Waals surface area contributed by atoms with Gasteiger partial charge in [0.1, 0.15) is 0 Å². The first kappa shape index (κ1) is 41.7. The monoisotopic (exact) mass is 740 g/mol. The highest BCUT2D eigenvalue weighted by molar-refractivity contribution is 6.01. The molecule has 2 N–H and O–H groups in total. The van der Waals surface area contributed by atoms with Gasteiger partial charge in [-0.05, 0) is 98.7 Å². The molecule has 7 rings (SSSR count). The maximum atomic E-state index is 5.17. The minimum Gasteiger partial charge on any atom is -0.381 e. The molecule has 56 heavy (non-hydrogen) atoms. The van der Waals surface area contributed by atoms with Crippen LogP contribution < -0.4 is 10.6 Å². The van der Waals surface area contributed by atoms with E-state index >= 15 is 0 Å². The summed E-state index contributed by atoms with van der Waals surface area (Å²) in [6, 6.07) is 26.7.